The van der Waals surface area contributed by atoms with Crippen molar-refractivity contribution in [1.82, 2.24) is 5.32 Å². The van der Waals surface area contributed by atoms with Gasteiger partial charge in [-0.2, -0.15) is 5.26 Å². The minimum absolute atomic E-state index is 0.172. The van der Waals surface area contributed by atoms with E-state index in [0.717, 1.165) is 13.0 Å². The van der Waals surface area contributed by atoms with Crippen molar-refractivity contribution >= 4 is 0 Å². The zero-order chi connectivity index (χ0) is 11.7. The average molecular weight is 220 g/mol. The predicted molar refractivity (Wildman–Crippen MR) is 53.8 cm³/mol. The molecule has 15 heavy (non-hydrogen) atoms. The van der Waals surface area contributed by atoms with E-state index in [2.05, 4.69) is 11.4 Å². The van der Waals surface area contributed by atoms with Gasteiger partial charge in [0.2, 0.25) is 0 Å². The first kappa shape index (κ1) is 14.3. The number of nitriles is 1. The molecule has 0 heterocycles. The monoisotopic (exact) mass is 220 g/mol. The van der Waals surface area contributed by atoms with Crippen molar-refractivity contribution in [2.45, 2.75) is 38.7 Å². The summed E-state index contributed by atoms with van der Waals surface area (Å²) in [7, 11) is 0. The van der Waals surface area contributed by atoms with Crippen LogP contribution in [0.5, 0.6) is 0 Å². The summed E-state index contributed by atoms with van der Waals surface area (Å²) >= 11 is 0. The molecule has 0 aliphatic rings. The van der Waals surface area contributed by atoms with E-state index in [4.69, 9.17) is 10.00 Å². The second-order valence-electron chi connectivity index (χ2n) is 3.59. The summed E-state index contributed by atoms with van der Waals surface area (Å²) in [4.78, 5) is 0. The Labute approximate surface area is 89.4 Å². The minimum Gasteiger partial charge on any atom is -0.375 e. The lowest BCUT2D eigenvalue weighted by Gasteiger charge is -2.22. The fourth-order valence-corrected chi connectivity index (χ4v) is 1.03. The van der Waals surface area contributed by atoms with Crippen LogP contribution in [-0.2, 0) is 4.74 Å². The Kier molecular flexibility index (Phi) is 7.18. The molecule has 1 atom stereocenters. The largest absolute Gasteiger partial charge is 0.375 e. The van der Waals surface area contributed by atoms with Gasteiger partial charge in [-0.05, 0) is 19.9 Å². The molecule has 0 aliphatic carbocycles. The number of halogens is 2. The fraction of sp³-hybridized carbons (Fsp3) is 0.900. The SMILES string of the molecule is CCCNC(C)(C#N)CCOCC(F)F. The zero-order valence-corrected chi connectivity index (χ0v) is 9.22. The first-order chi connectivity index (χ1) is 7.04. The molecule has 1 unspecified atom stereocenters. The van der Waals surface area contributed by atoms with Crippen LogP contribution in [0.1, 0.15) is 26.7 Å². The topological polar surface area (TPSA) is 45.0 Å². The number of ether oxygens (including phenoxy) is 1. The molecule has 0 saturated heterocycles. The van der Waals surface area contributed by atoms with Gasteiger partial charge in [0.1, 0.15) is 12.1 Å². The predicted octanol–water partition coefficient (Wildman–Crippen LogP) is 1.94. The standard InChI is InChI=1S/C10H18F2N2O/c1-3-5-14-10(2,8-13)4-6-15-7-9(11)12/h9,14H,3-7H2,1-2H3. The lowest BCUT2D eigenvalue weighted by molar-refractivity contribution is 0.0127. The minimum atomic E-state index is -2.44. The summed E-state index contributed by atoms with van der Waals surface area (Å²) in [5.41, 5.74) is -0.682. The third-order valence-corrected chi connectivity index (χ3v) is 2.00. The normalized spacial score (nSPS) is 14.9. The lowest BCUT2D eigenvalue weighted by atomic mass is 10.0. The molecule has 0 spiro atoms. The second-order valence-corrected chi connectivity index (χ2v) is 3.59. The van der Waals surface area contributed by atoms with Crippen LogP contribution in [0.15, 0.2) is 0 Å². The summed E-state index contributed by atoms with van der Waals surface area (Å²) < 4.78 is 28.2. The van der Waals surface area contributed by atoms with E-state index >= 15 is 0 Å². The average Bonchev–Trinajstić information content (AvgIpc) is 2.21. The quantitative estimate of drug-likeness (QED) is 0.636. The van der Waals surface area contributed by atoms with Gasteiger partial charge in [-0.15, -0.1) is 0 Å². The van der Waals surface area contributed by atoms with Crippen molar-refractivity contribution in [2.75, 3.05) is 19.8 Å². The Morgan fingerprint density at radius 2 is 2.20 bits per heavy atom. The van der Waals surface area contributed by atoms with Crippen LogP contribution in [0.3, 0.4) is 0 Å². The number of nitrogens with one attached hydrogen (secondary N) is 1. The molecule has 0 amide bonds. The molecule has 0 fully saturated rings. The van der Waals surface area contributed by atoms with E-state index < -0.39 is 18.6 Å². The number of hydrogen-bond acceptors (Lipinski definition) is 3. The molecule has 0 bridgehead atoms. The van der Waals surface area contributed by atoms with E-state index in [9.17, 15) is 8.78 Å². The van der Waals surface area contributed by atoms with Crippen LogP contribution in [0.25, 0.3) is 0 Å². The van der Waals surface area contributed by atoms with Gasteiger partial charge in [-0.25, -0.2) is 8.78 Å². The van der Waals surface area contributed by atoms with Crippen LogP contribution < -0.4 is 5.32 Å². The van der Waals surface area contributed by atoms with Crippen molar-refractivity contribution in [1.29, 1.82) is 5.26 Å². The van der Waals surface area contributed by atoms with E-state index in [-0.39, 0.29) is 6.61 Å². The van der Waals surface area contributed by atoms with Gasteiger partial charge in [-0.1, -0.05) is 6.92 Å². The summed E-state index contributed by atoms with van der Waals surface area (Å²) in [6.07, 6.45) is -1.10. The Bertz CT molecular complexity index is 206. The Morgan fingerprint density at radius 3 is 2.67 bits per heavy atom. The number of alkyl halides is 2. The maximum Gasteiger partial charge on any atom is 0.261 e. The summed E-state index contributed by atoms with van der Waals surface area (Å²) in [6, 6.07) is 2.12. The van der Waals surface area contributed by atoms with E-state index in [0.29, 0.717) is 6.42 Å². The van der Waals surface area contributed by atoms with E-state index in [1.807, 2.05) is 6.92 Å². The highest BCUT2D eigenvalue weighted by Gasteiger charge is 2.22. The fourth-order valence-electron chi connectivity index (χ4n) is 1.03. The maximum atomic E-state index is 11.7. The molecular formula is C10H18F2N2O. The first-order valence-corrected chi connectivity index (χ1v) is 5.06. The van der Waals surface area contributed by atoms with Gasteiger partial charge in [-0.3, -0.25) is 5.32 Å². The van der Waals surface area contributed by atoms with Crippen LogP contribution >= 0.6 is 0 Å². The molecular weight excluding hydrogens is 202 g/mol. The maximum absolute atomic E-state index is 11.7. The van der Waals surface area contributed by atoms with Crippen molar-refractivity contribution in [3.05, 3.63) is 0 Å². The first-order valence-electron chi connectivity index (χ1n) is 5.06. The van der Waals surface area contributed by atoms with Gasteiger partial charge >= 0.3 is 0 Å². The van der Waals surface area contributed by atoms with Crippen molar-refractivity contribution < 1.29 is 13.5 Å². The highest BCUT2D eigenvalue weighted by atomic mass is 19.3. The summed E-state index contributed by atoms with van der Waals surface area (Å²) in [6.45, 7) is 4.09. The molecule has 0 radical (unpaired) electrons. The van der Waals surface area contributed by atoms with Crippen LogP contribution in [0, 0.1) is 11.3 Å². The highest BCUT2D eigenvalue weighted by molar-refractivity contribution is 5.03. The molecule has 1 N–H and O–H groups in total. The van der Waals surface area contributed by atoms with Gasteiger partial charge < -0.3 is 4.74 Å². The number of hydrogen-bond donors (Lipinski definition) is 1. The number of rotatable bonds is 8. The van der Waals surface area contributed by atoms with Crippen LogP contribution in [-0.4, -0.2) is 31.7 Å². The van der Waals surface area contributed by atoms with Gasteiger partial charge in [0.15, 0.2) is 0 Å². The number of nitrogens with zero attached hydrogens (tertiary/aromatic N) is 1. The van der Waals surface area contributed by atoms with Crippen molar-refractivity contribution in [2.24, 2.45) is 0 Å². The van der Waals surface area contributed by atoms with Gasteiger partial charge in [0, 0.05) is 13.0 Å². The van der Waals surface area contributed by atoms with Crippen LogP contribution in [0.2, 0.25) is 0 Å². The molecule has 3 nitrogen and oxygen atoms in total. The Hall–Kier alpha value is -0.730. The third kappa shape index (κ3) is 7.23. The molecule has 0 aromatic heterocycles. The van der Waals surface area contributed by atoms with Gasteiger partial charge in [0.05, 0.1) is 6.07 Å². The molecule has 0 rings (SSSR count). The van der Waals surface area contributed by atoms with Crippen molar-refractivity contribution in [3.63, 3.8) is 0 Å². The second kappa shape index (κ2) is 7.55. The smallest absolute Gasteiger partial charge is 0.261 e. The molecule has 0 aromatic carbocycles. The zero-order valence-electron chi connectivity index (χ0n) is 9.22. The Balaban J connectivity index is 3.74. The van der Waals surface area contributed by atoms with E-state index in [1.54, 1.807) is 6.92 Å². The summed E-state index contributed by atoms with van der Waals surface area (Å²) in [5, 5.41) is 12.0. The van der Waals surface area contributed by atoms with Crippen molar-refractivity contribution in [3.8, 4) is 6.07 Å². The summed E-state index contributed by atoms with van der Waals surface area (Å²) in [5.74, 6) is 0. The molecule has 88 valence electrons. The lowest BCUT2D eigenvalue weighted by Crippen LogP contribution is -2.42. The molecule has 0 saturated carbocycles. The van der Waals surface area contributed by atoms with Crippen LogP contribution in [0.4, 0.5) is 8.78 Å². The highest BCUT2D eigenvalue weighted by Crippen LogP contribution is 2.08. The van der Waals surface area contributed by atoms with Gasteiger partial charge in [0.25, 0.3) is 6.43 Å². The molecule has 0 aliphatic heterocycles. The molecule has 5 heteroatoms. The third-order valence-electron chi connectivity index (χ3n) is 2.00. The molecule has 0 aromatic rings. The van der Waals surface area contributed by atoms with E-state index in [1.165, 1.54) is 0 Å². The Morgan fingerprint density at radius 1 is 1.53 bits per heavy atom.